The molecule has 0 aromatic heterocycles. The van der Waals surface area contributed by atoms with Gasteiger partial charge in [-0.25, -0.2) is 0 Å². The summed E-state index contributed by atoms with van der Waals surface area (Å²) in [6.07, 6.45) is 0. The van der Waals surface area contributed by atoms with Crippen molar-refractivity contribution in [3.63, 3.8) is 0 Å². The highest BCUT2D eigenvalue weighted by Gasteiger charge is 1.84. The zero-order valence-electron chi connectivity index (χ0n) is 5.07. The Morgan fingerprint density at radius 2 is 2.12 bits per heavy atom. The zero-order valence-corrected chi connectivity index (χ0v) is 5.07. The van der Waals surface area contributed by atoms with E-state index in [4.69, 9.17) is 5.11 Å². The average molecular weight is 113 g/mol. The third-order valence-corrected chi connectivity index (χ3v) is 0.594. The van der Waals surface area contributed by atoms with Gasteiger partial charge in [0, 0.05) is 5.70 Å². The molecule has 2 N–H and O–H groups in total. The number of rotatable bonds is 3. The van der Waals surface area contributed by atoms with Crippen molar-refractivity contribution in [2.24, 2.45) is 0 Å². The largest absolute Gasteiger partial charge is 0.511 e. The maximum atomic E-state index is 8.50. The van der Waals surface area contributed by atoms with Gasteiger partial charge in [-0.1, -0.05) is 13.2 Å². The molecule has 46 valence electrons. The fourth-order valence-electron chi connectivity index (χ4n) is 0.253. The maximum Gasteiger partial charge on any atom is 0.104 e. The van der Waals surface area contributed by atoms with Crippen LogP contribution in [-0.2, 0) is 0 Å². The van der Waals surface area contributed by atoms with Gasteiger partial charge in [0.15, 0.2) is 0 Å². The Morgan fingerprint density at radius 1 is 1.62 bits per heavy atom. The molecule has 0 aliphatic rings. The van der Waals surface area contributed by atoms with Gasteiger partial charge in [-0.2, -0.15) is 0 Å². The van der Waals surface area contributed by atoms with Crippen LogP contribution in [0.2, 0.25) is 0 Å². The summed E-state index contributed by atoms with van der Waals surface area (Å²) >= 11 is 0. The van der Waals surface area contributed by atoms with Gasteiger partial charge in [0.1, 0.15) is 5.76 Å². The first-order chi connectivity index (χ1) is 3.63. The highest BCUT2D eigenvalue weighted by molar-refractivity contribution is 4.91. The first kappa shape index (κ1) is 7.08. The molecular formula is C6H11NO. The minimum absolute atomic E-state index is 0.132. The summed E-state index contributed by atoms with van der Waals surface area (Å²) in [5, 5.41) is 11.3. The van der Waals surface area contributed by atoms with Gasteiger partial charge in [-0.15, -0.1) is 0 Å². The predicted molar refractivity (Wildman–Crippen MR) is 34.6 cm³/mol. The topological polar surface area (TPSA) is 32.3 Å². The molecule has 0 heterocycles. The van der Waals surface area contributed by atoms with Crippen LogP contribution < -0.4 is 5.32 Å². The molecule has 0 radical (unpaired) electrons. The van der Waals surface area contributed by atoms with Crippen molar-refractivity contribution in [3.05, 3.63) is 24.6 Å². The second kappa shape index (κ2) is 3.13. The van der Waals surface area contributed by atoms with Crippen LogP contribution in [0.25, 0.3) is 0 Å². The first-order valence-electron chi connectivity index (χ1n) is 2.39. The minimum atomic E-state index is 0.132. The number of nitrogens with one attached hydrogen (secondary N) is 1. The van der Waals surface area contributed by atoms with Crippen LogP contribution in [0, 0.1) is 0 Å². The van der Waals surface area contributed by atoms with Crippen molar-refractivity contribution in [1.82, 2.24) is 5.32 Å². The number of aliphatic hydroxyl groups is 1. The zero-order chi connectivity index (χ0) is 6.57. The molecule has 0 aliphatic carbocycles. The van der Waals surface area contributed by atoms with E-state index < -0.39 is 0 Å². The molecule has 0 rings (SSSR count). The molecule has 0 aliphatic heterocycles. The van der Waals surface area contributed by atoms with Gasteiger partial charge in [0.2, 0.25) is 0 Å². The Kier molecular flexibility index (Phi) is 2.77. The summed E-state index contributed by atoms with van der Waals surface area (Å²) in [7, 11) is 0. The summed E-state index contributed by atoms with van der Waals surface area (Å²) in [5.41, 5.74) is 0.834. The Balaban J connectivity index is 3.18. The summed E-state index contributed by atoms with van der Waals surface area (Å²) < 4.78 is 0. The highest BCUT2D eigenvalue weighted by atomic mass is 16.3. The lowest BCUT2D eigenvalue weighted by molar-refractivity contribution is 0.397. The van der Waals surface area contributed by atoms with E-state index in [1.54, 1.807) is 0 Å². The number of hydrogen-bond acceptors (Lipinski definition) is 2. The van der Waals surface area contributed by atoms with Crippen LogP contribution in [0.3, 0.4) is 0 Å². The van der Waals surface area contributed by atoms with E-state index in [9.17, 15) is 0 Å². The quantitative estimate of drug-likeness (QED) is 0.539. The average Bonchev–Trinajstić information content (AvgIpc) is 1.61. The van der Waals surface area contributed by atoms with Crippen molar-refractivity contribution in [2.75, 3.05) is 6.54 Å². The normalized spacial score (nSPS) is 8.12. The van der Waals surface area contributed by atoms with E-state index in [0.29, 0.717) is 6.54 Å². The lowest BCUT2D eigenvalue weighted by Crippen LogP contribution is -2.12. The molecule has 2 heteroatoms. The van der Waals surface area contributed by atoms with Crippen LogP contribution in [0.15, 0.2) is 24.6 Å². The minimum Gasteiger partial charge on any atom is -0.511 e. The molecule has 0 saturated carbocycles. The molecule has 0 spiro atoms. The van der Waals surface area contributed by atoms with Crippen molar-refractivity contribution in [3.8, 4) is 0 Å². The highest BCUT2D eigenvalue weighted by Crippen LogP contribution is 1.81. The molecule has 0 atom stereocenters. The molecule has 0 fully saturated rings. The summed E-state index contributed by atoms with van der Waals surface area (Å²) in [6.45, 7) is 9.06. The summed E-state index contributed by atoms with van der Waals surface area (Å²) in [6, 6.07) is 0. The number of hydrogen-bond donors (Lipinski definition) is 2. The molecule has 0 unspecified atom stereocenters. The van der Waals surface area contributed by atoms with Crippen molar-refractivity contribution < 1.29 is 5.11 Å². The van der Waals surface area contributed by atoms with E-state index in [2.05, 4.69) is 18.5 Å². The molecule has 0 aromatic carbocycles. The van der Waals surface area contributed by atoms with Crippen LogP contribution >= 0.6 is 0 Å². The van der Waals surface area contributed by atoms with Crippen molar-refractivity contribution in [2.45, 2.75) is 6.92 Å². The van der Waals surface area contributed by atoms with Crippen LogP contribution in [0.4, 0.5) is 0 Å². The maximum absolute atomic E-state index is 8.50. The number of aliphatic hydroxyl groups excluding tert-OH is 1. The van der Waals surface area contributed by atoms with E-state index in [1.807, 2.05) is 6.92 Å². The predicted octanol–water partition coefficient (Wildman–Crippen LogP) is 1.18. The summed E-state index contributed by atoms with van der Waals surface area (Å²) in [5.74, 6) is 0.132. The fourth-order valence-corrected chi connectivity index (χ4v) is 0.253. The van der Waals surface area contributed by atoms with E-state index in [1.165, 1.54) is 0 Å². The number of allylic oxidation sites excluding steroid dienone is 1. The van der Waals surface area contributed by atoms with Gasteiger partial charge in [-0.3, -0.25) is 0 Å². The smallest absolute Gasteiger partial charge is 0.104 e. The lowest BCUT2D eigenvalue weighted by Gasteiger charge is -2.00. The Morgan fingerprint density at radius 3 is 2.25 bits per heavy atom. The van der Waals surface area contributed by atoms with Crippen LogP contribution in [0.5, 0.6) is 0 Å². The molecule has 0 amide bonds. The third kappa shape index (κ3) is 5.08. The van der Waals surface area contributed by atoms with E-state index >= 15 is 0 Å². The SMILES string of the molecule is C=C(O)CNC(=C)C. The second-order valence-corrected chi connectivity index (χ2v) is 1.70. The Labute approximate surface area is 49.5 Å². The van der Waals surface area contributed by atoms with Gasteiger partial charge < -0.3 is 10.4 Å². The van der Waals surface area contributed by atoms with Crippen molar-refractivity contribution >= 4 is 0 Å². The lowest BCUT2D eigenvalue weighted by atomic mass is 10.5. The monoisotopic (exact) mass is 113 g/mol. The van der Waals surface area contributed by atoms with Crippen LogP contribution in [-0.4, -0.2) is 11.7 Å². The molecular weight excluding hydrogens is 102 g/mol. The molecule has 0 bridgehead atoms. The van der Waals surface area contributed by atoms with E-state index in [0.717, 1.165) is 5.70 Å². The van der Waals surface area contributed by atoms with Crippen molar-refractivity contribution in [1.29, 1.82) is 0 Å². The van der Waals surface area contributed by atoms with E-state index in [-0.39, 0.29) is 5.76 Å². The molecule has 8 heavy (non-hydrogen) atoms. The van der Waals surface area contributed by atoms with Gasteiger partial charge in [0.25, 0.3) is 0 Å². The standard InChI is InChI=1S/C6H11NO/c1-5(2)7-4-6(3)8/h7-8H,1,3-4H2,2H3. The fraction of sp³-hybridized carbons (Fsp3) is 0.333. The third-order valence-electron chi connectivity index (χ3n) is 0.594. The Bertz CT molecular complexity index is 93.1. The van der Waals surface area contributed by atoms with Crippen LogP contribution in [0.1, 0.15) is 6.92 Å². The first-order valence-corrected chi connectivity index (χ1v) is 2.39. The second-order valence-electron chi connectivity index (χ2n) is 1.70. The van der Waals surface area contributed by atoms with Gasteiger partial charge >= 0.3 is 0 Å². The molecule has 2 nitrogen and oxygen atoms in total. The van der Waals surface area contributed by atoms with Gasteiger partial charge in [-0.05, 0) is 6.92 Å². The molecule has 0 aromatic rings. The Hall–Kier alpha value is -0.920. The van der Waals surface area contributed by atoms with Gasteiger partial charge in [0.05, 0.1) is 6.54 Å². The molecule has 0 saturated heterocycles. The summed E-state index contributed by atoms with van der Waals surface area (Å²) in [4.78, 5) is 0.